The van der Waals surface area contributed by atoms with E-state index in [9.17, 15) is 0 Å². The third-order valence-electron chi connectivity index (χ3n) is 3.93. The van der Waals surface area contributed by atoms with Crippen LogP contribution >= 0.6 is 0 Å². The number of hydrogen-bond acceptors (Lipinski definition) is 3. The zero-order chi connectivity index (χ0) is 11.6. The largest absolute Gasteiger partial charge is 0.371 e. The summed E-state index contributed by atoms with van der Waals surface area (Å²) in [4.78, 5) is 2.59. The fraction of sp³-hybridized carbons (Fsp3) is 1.00. The molecule has 2 aliphatic heterocycles. The Morgan fingerprint density at radius 1 is 1.31 bits per heavy atom. The summed E-state index contributed by atoms with van der Waals surface area (Å²) in [6.07, 6.45) is 4.15. The highest BCUT2D eigenvalue weighted by molar-refractivity contribution is 4.84. The van der Waals surface area contributed by atoms with E-state index in [1.54, 1.807) is 0 Å². The van der Waals surface area contributed by atoms with Gasteiger partial charge in [-0.15, -0.1) is 0 Å². The standard InChI is InChI=1S/C13H26N2O/c1-11-5-7-14-8-9-15(11)10-12-4-6-13(2,3)16-12/h11-12,14H,4-10H2,1-3H3. The fourth-order valence-corrected chi connectivity index (χ4v) is 2.80. The van der Waals surface area contributed by atoms with Crippen LogP contribution in [0.15, 0.2) is 0 Å². The lowest BCUT2D eigenvalue weighted by Gasteiger charge is -2.30. The molecule has 0 aromatic carbocycles. The molecule has 1 N–H and O–H groups in total. The van der Waals surface area contributed by atoms with Gasteiger partial charge in [0.2, 0.25) is 0 Å². The van der Waals surface area contributed by atoms with Crippen LogP contribution in [-0.4, -0.2) is 48.8 Å². The van der Waals surface area contributed by atoms with Crippen LogP contribution in [0, 0.1) is 0 Å². The smallest absolute Gasteiger partial charge is 0.0710 e. The summed E-state index contributed by atoms with van der Waals surface area (Å²) in [6, 6.07) is 0.697. The molecular formula is C13H26N2O. The van der Waals surface area contributed by atoms with Gasteiger partial charge in [-0.1, -0.05) is 0 Å². The van der Waals surface area contributed by atoms with Gasteiger partial charge in [-0.2, -0.15) is 0 Å². The maximum absolute atomic E-state index is 6.08. The van der Waals surface area contributed by atoms with Crippen molar-refractivity contribution in [3.05, 3.63) is 0 Å². The van der Waals surface area contributed by atoms with E-state index in [1.165, 1.54) is 25.8 Å². The van der Waals surface area contributed by atoms with Crippen molar-refractivity contribution in [1.82, 2.24) is 10.2 Å². The van der Waals surface area contributed by atoms with Crippen LogP contribution in [0.5, 0.6) is 0 Å². The lowest BCUT2D eigenvalue weighted by Crippen LogP contribution is -2.40. The molecule has 3 heteroatoms. The summed E-state index contributed by atoms with van der Waals surface area (Å²) < 4.78 is 6.08. The first-order valence-electron chi connectivity index (χ1n) is 6.69. The van der Waals surface area contributed by atoms with E-state index < -0.39 is 0 Å². The summed E-state index contributed by atoms with van der Waals surface area (Å²) in [5.41, 5.74) is 0.109. The first kappa shape index (κ1) is 12.3. The number of nitrogens with zero attached hydrogens (tertiary/aromatic N) is 1. The Labute approximate surface area is 99.5 Å². The molecule has 0 saturated carbocycles. The molecule has 16 heavy (non-hydrogen) atoms. The van der Waals surface area contributed by atoms with E-state index in [0.29, 0.717) is 12.1 Å². The summed E-state index contributed by atoms with van der Waals surface area (Å²) in [5.74, 6) is 0. The Hall–Kier alpha value is -0.120. The quantitative estimate of drug-likeness (QED) is 0.774. The van der Waals surface area contributed by atoms with Gasteiger partial charge in [0.1, 0.15) is 0 Å². The maximum atomic E-state index is 6.08. The summed E-state index contributed by atoms with van der Waals surface area (Å²) in [6.45, 7) is 11.3. The van der Waals surface area contributed by atoms with Crippen LogP contribution in [0.4, 0.5) is 0 Å². The first-order chi connectivity index (χ1) is 7.57. The van der Waals surface area contributed by atoms with Crippen LogP contribution in [0.1, 0.15) is 40.0 Å². The SMILES string of the molecule is CC1CCNCCN1CC1CCC(C)(C)O1. The van der Waals surface area contributed by atoms with E-state index in [1.807, 2.05) is 0 Å². The van der Waals surface area contributed by atoms with Gasteiger partial charge in [0, 0.05) is 25.7 Å². The van der Waals surface area contributed by atoms with Crippen molar-refractivity contribution in [3.8, 4) is 0 Å². The summed E-state index contributed by atoms with van der Waals surface area (Å²) in [7, 11) is 0. The van der Waals surface area contributed by atoms with E-state index in [4.69, 9.17) is 4.74 Å². The Morgan fingerprint density at radius 3 is 2.81 bits per heavy atom. The lowest BCUT2D eigenvalue weighted by atomic mass is 10.1. The predicted molar refractivity (Wildman–Crippen MR) is 66.7 cm³/mol. The van der Waals surface area contributed by atoms with Crippen LogP contribution in [0.25, 0.3) is 0 Å². The molecule has 2 rings (SSSR count). The molecular weight excluding hydrogens is 200 g/mol. The molecule has 2 fully saturated rings. The highest BCUT2D eigenvalue weighted by atomic mass is 16.5. The molecule has 2 saturated heterocycles. The van der Waals surface area contributed by atoms with Crippen molar-refractivity contribution in [2.24, 2.45) is 0 Å². The highest BCUT2D eigenvalue weighted by Gasteiger charge is 2.33. The van der Waals surface area contributed by atoms with Crippen molar-refractivity contribution in [3.63, 3.8) is 0 Å². The molecule has 0 aromatic rings. The van der Waals surface area contributed by atoms with Crippen LogP contribution in [-0.2, 0) is 4.74 Å². The average Bonchev–Trinajstić information content (AvgIpc) is 2.41. The van der Waals surface area contributed by atoms with Gasteiger partial charge >= 0.3 is 0 Å². The second-order valence-electron chi connectivity index (χ2n) is 5.92. The van der Waals surface area contributed by atoms with Gasteiger partial charge in [0.15, 0.2) is 0 Å². The van der Waals surface area contributed by atoms with Crippen molar-refractivity contribution in [1.29, 1.82) is 0 Å². The van der Waals surface area contributed by atoms with Gasteiger partial charge in [-0.3, -0.25) is 4.90 Å². The van der Waals surface area contributed by atoms with E-state index in [0.717, 1.165) is 19.6 Å². The maximum Gasteiger partial charge on any atom is 0.0710 e. The second-order valence-corrected chi connectivity index (χ2v) is 5.92. The predicted octanol–water partition coefficient (Wildman–Crippen LogP) is 1.63. The Bertz CT molecular complexity index is 230. The zero-order valence-electron chi connectivity index (χ0n) is 11.0. The molecule has 0 spiro atoms. The summed E-state index contributed by atoms with van der Waals surface area (Å²) in [5, 5.41) is 3.47. The third kappa shape index (κ3) is 3.19. The van der Waals surface area contributed by atoms with Gasteiger partial charge in [0.25, 0.3) is 0 Å². The monoisotopic (exact) mass is 226 g/mol. The molecule has 94 valence electrons. The zero-order valence-corrected chi connectivity index (χ0v) is 11.0. The molecule has 0 amide bonds. The second kappa shape index (κ2) is 5.03. The van der Waals surface area contributed by atoms with Crippen molar-refractivity contribution >= 4 is 0 Å². The molecule has 2 unspecified atom stereocenters. The van der Waals surface area contributed by atoms with Crippen LogP contribution in [0.2, 0.25) is 0 Å². The third-order valence-corrected chi connectivity index (χ3v) is 3.93. The minimum atomic E-state index is 0.109. The van der Waals surface area contributed by atoms with E-state index in [-0.39, 0.29) is 5.60 Å². The van der Waals surface area contributed by atoms with Crippen molar-refractivity contribution in [2.75, 3.05) is 26.2 Å². The number of hydrogen-bond donors (Lipinski definition) is 1. The Morgan fingerprint density at radius 2 is 2.12 bits per heavy atom. The first-order valence-corrected chi connectivity index (χ1v) is 6.69. The van der Waals surface area contributed by atoms with Gasteiger partial charge in [0.05, 0.1) is 11.7 Å². The van der Waals surface area contributed by atoms with Crippen LogP contribution < -0.4 is 5.32 Å². The van der Waals surface area contributed by atoms with Gasteiger partial charge in [-0.25, -0.2) is 0 Å². The molecule has 3 nitrogen and oxygen atoms in total. The van der Waals surface area contributed by atoms with Crippen molar-refractivity contribution < 1.29 is 4.74 Å². The Kier molecular flexibility index (Phi) is 3.88. The molecule has 0 radical (unpaired) electrons. The number of ether oxygens (including phenoxy) is 1. The number of nitrogens with one attached hydrogen (secondary N) is 1. The molecule has 0 aliphatic carbocycles. The lowest BCUT2D eigenvalue weighted by molar-refractivity contribution is -0.0321. The molecule has 0 bridgehead atoms. The Balaban J connectivity index is 1.84. The molecule has 2 atom stereocenters. The van der Waals surface area contributed by atoms with Crippen LogP contribution in [0.3, 0.4) is 0 Å². The highest BCUT2D eigenvalue weighted by Crippen LogP contribution is 2.30. The number of rotatable bonds is 2. The molecule has 2 aliphatic rings. The normalized spacial score (nSPS) is 36.2. The molecule has 0 aromatic heterocycles. The van der Waals surface area contributed by atoms with E-state index in [2.05, 4.69) is 31.0 Å². The minimum absolute atomic E-state index is 0.109. The van der Waals surface area contributed by atoms with Crippen molar-refractivity contribution in [2.45, 2.75) is 57.8 Å². The van der Waals surface area contributed by atoms with Gasteiger partial charge < -0.3 is 10.1 Å². The summed E-state index contributed by atoms with van der Waals surface area (Å²) >= 11 is 0. The van der Waals surface area contributed by atoms with E-state index >= 15 is 0 Å². The molecule has 2 heterocycles. The minimum Gasteiger partial charge on any atom is -0.371 e. The topological polar surface area (TPSA) is 24.5 Å². The van der Waals surface area contributed by atoms with Gasteiger partial charge in [-0.05, 0) is 46.6 Å². The fourth-order valence-electron chi connectivity index (χ4n) is 2.80. The average molecular weight is 226 g/mol.